The van der Waals surface area contributed by atoms with E-state index in [9.17, 15) is 19.5 Å². The molecule has 0 radical (unpaired) electrons. The van der Waals surface area contributed by atoms with Gasteiger partial charge in [0.15, 0.2) is 0 Å². The number of fused-ring (bicyclic) bond motifs is 3. The first-order chi connectivity index (χ1) is 17.0. The number of carbonyl (C=O) groups excluding carboxylic acids is 2. The Labute approximate surface area is 205 Å². The first-order valence-electron chi connectivity index (χ1n) is 12.6. The van der Waals surface area contributed by atoms with E-state index >= 15 is 0 Å². The first-order valence-corrected chi connectivity index (χ1v) is 12.6. The van der Waals surface area contributed by atoms with Gasteiger partial charge in [0.1, 0.15) is 12.6 Å². The van der Waals surface area contributed by atoms with Gasteiger partial charge in [-0.3, -0.25) is 4.79 Å². The van der Waals surface area contributed by atoms with Crippen molar-refractivity contribution < 1.29 is 24.2 Å². The van der Waals surface area contributed by atoms with E-state index in [2.05, 4.69) is 29.6 Å². The van der Waals surface area contributed by atoms with Crippen molar-refractivity contribution in [3.8, 4) is 11.1 Å². The molecular weight excluding hydrogens is 444 g/mol. The van der Waals surface area contributed by atoms with E-state index in [1.807, 2.05) is 24.3 Å². The van der Waals surface area contributed by atoms with E-state index in [1.165, 1.54) is 16.0 Å². The molecule has 35 heavy (non-hydrogen) atoms. The fourth-order valence-corrected chi connectivity index (χ4v) is 6.14. The predicted octanol–water partition coefficient (Wildman–Crippen LogP) is 4.55. The minimum absolute atomic E-state index is 0.0279. The molecule has 7 heteroatoms. The second-order valence-corrected chi connectivity index (χ2v) is 10.0. The van der Waals surface area contributed by atoms with Crippen LogP contribution in [0.5, 0.6) is 0 Å². The van der Waals surface area contributed by atoms with E-state index < -0.39 is 23.5 Å². The number of benzene rings is 2. The summed E-state index contributed by atoms with van der Waals surface area (Å²) in [6.45, 7) is 0.849. The minimum Gasteiger partial charge on any atom is -0.480 e. The fraction of sp³-hybridized carbons (Fsp3) is 0.464. The fourth-order valence-electron chi connectivity index (χ4n) is 6.14. The molecule has 2 fully saturated rings. The van der Waals surface area contributed by atoms with Crippen molar-refractivity contribution in [3.05, 3.63) is 59.7 Å². The Kier molecular flexibility index (Phi) is 6.50. The van der Waals surface area contributed by atoms with Crippen LogP contribution >= 0.6 is 0 Å². The molecule has 2 aromatic rings. The van der Waals surface area contributed by atoms with Gasteiger partial charge in [0.2, 0.25) is 5.91 Å². The normalized spacial score (nSPS) is 20.7. The number of nitrogens with zero attached hydrogens (tertiary/aromatic N) is 1. The largest absolute Gasteiger partial charge is 0.480 e. The number of amides is 2. The van der Waals surface area contributed by atoms with Crippen LogP contribution in [0, 0.1) is 5.41 Å². The average molecular weight is 477 g/mol. The predicted molar refractivity (Wildman–Crippen MR) is 131 cm³/mol. The smallest absolute Gasteiger partial charge is 0.407 e. The van der Waals surface area contributed by atoms with Gasteiger partial charge >= 0.3 is 12.1 Å². The van der Waals surface area contributed by atoms with Gasteiger partial charge < -0.3 is 20.1 Å². The van der Waals surface area contributed by atoms with Crippen molar-refractivity contribution >= 4 is 18.0 Å². The molecule has 1 saturated carbocycles. The molecule has 2 aromatic carbocycles. The Morgan fingerprint density at radius 1 is 0.943 bits per heavy atom. The van der Waals surface area contributed by atoms with Gasteiger partial charge in [-0.15, -0.1) is 0 Å². The lowest BCUT2D eigenvalue weighted by Gasteiger charge is -2.39. The first kappa shape index (κ1) is 23.4. The maximum atomic E-state index is 13.6. The van der Waals surface area contributed by atoms with Gasteiger partial charge in [-0.2, -0.15) is 0 Å². The van der Waals surface area contributed by atoms with Crippen molar-refractivity contribution in [1.82, 2.24) is 10.2 Å². The number of nitrogens with one attached hydrogen (secondary N) is 1. The summed E-state index contributed by atoms with van der Waals surface area (Å²) in [4.78, 5) is 39.6. The zero-order valence-corrected chi connectivity index (χ0v) is 19.9. The molecule has 1 aliphatic heterocycles. The summed E-state index contributed by atoms with van der Waals surface area (Å²) in [7, 11) is 0. The van der Waals surface area contributed by atoms with Gasteiger partial charge in [-0.25, -0.2) is 9.59 Å². The number of rotatable bonds is 6. The molecule has 1 atom stereocenters. The van der Waals surface area contributed by atoms with E-state index in [0.717, 1.165) is 36.8 Å². The third kappa shape index (κ3) is 4.40. The number of likely N-dealkylation sites (tertiary alicyclic amines) is 1. The maximum absolute atomic E-state index is 13.6. The Morgan fingerprint density at radius 2 is 1.57 bits per heavy atom. The lowest BCUT2D eigenvalue weighted by atomic mass is 9.83. The lowest BCUT2D eigenvalue weighted by molar-refractivity contribution is -0.157. The molecule has 0 bridgehead atoms. The lowest BCUT2D eigenvalue weighted by Crippen LogP contribution is -2.55. The molecule has 2 amide bonds. The highest BCUT2D eigenvalue weighted by Gasteiger charge is 2.47. The van der Waals surface area contributed by atoms with E-state index in [1.54, 1.807) is 0 Å². The Hall–Kier alpha value is -3.35. The number of alkyl carbamates (subject to hydrolysis) is 1. The molecule has 0 spiro atoms. The zero-order chi connectivity index (χ0) is 24.4. The topological polar surface area (TPSA) is 95.9 Å². The summed E-state index contributed by atoms with van der Waals surface area (Å²) in [6, 6.07) is 15.6. The molecule has 2 aliphatic carbocycles. The van der Waals surface area contributed by atoms with Crippen LogP contribution in [-0.2, 0) is 14.3 Å². The number of ether oxygens (including phenoxy) is 1. The molecule has 2 N–H and O–H groups in total. The third-order valence-corrected chi connectivity index (χ3v) is 7.98. The summed E-state index contributed by atoms with van der Waals surface area (Å²) in [6.07, 6.45) is 4.65. The molecule has 1 saturated heterocycles. The SMILES string of the molecule is O=C(NCC1(C(=O)N2CCCC[C@H]2C(=O)O)CCCC1)OCC1c2ccccc2-c2ccccc21. The number of hydrogen-bond donors (Lipinski definition) is 2. The second-order valence-electron chi connectivity index (χ2n) is 10.0. The summed E-state index contributed by atoms with van der Waals surface area (Å²) in [5, 5.41) is 12.5. The van der Waals surface area contributed by atoms with Gasteiger partial charge in [-0.05, 0) is 54.4 Å². The monoisotopic (exact) mass is 476 g/mol. The average Bonchev–Trinajstić information content (AvgIpc) is 3.49. The van der Waals surface area contributed by atoms with Crippen LogP contribution in [0.15, 0.2) is 48.5 Å². The Morgan fingerprint density at radius 3 is 2.20 bits per heavy atom. The van der Waals surface area contributed by atoms with Crippen LogP contribution < -0.4 is 5.32 Å². The van der Waals surface area contributed by atoms with E-state index in [0.29, 0.717) is 25.8 Å². The van der Waals surface area contributed by atoms with Crippen LogP contribution in [0.25, 0.3) is 11.1 Å². The van der Waals surface area contributed by atoms with E-state index in [4.69, 9.17) is 4.74 Å². The molecular formula is C28H32N2O5. The summed E-state index contributed by atoms with van der Waals surface area (Å²) >= 11 is 0. The number of carboxylic acid groups (broad SMARTS) is 1. The van der Waals surface area contributed by atoms with Crippen molar-refractivity contribution in [1.29, 1.82) is 0 Å². The standard InChI is InChI=1S/C28H32N2O5/c31-25(32)24-13-5-8-16-30(24)26(33)28(14-6-7-15-28)18-29-27(34)35-17-23-21-11-3-1-9-19(21)20-10-2-4-12-22(20)23/h1-4,9-12,23-24H,5-8,13-18H2,(H,29,34)(H,31,32)/t24-/m0/s1. The molecule has 3 aliphatic rings. The van der Waals surface area contributed by atoms with Crippen LogP contribution in [-0.4, -0.2) is 53.7 Å². The number of carboxylic acids is 1. The molecule has 0 unspecified atom stereocenters. The van der Waals surface area contributed by atoms with Crippen LogP contribution in [0.4, 0.5) is 4.79 Å². The summed E-state index contributed by atoms with van der Waals surface area (Å²) in [5.41, 5.74) is 3.88. The highest BCUT2D eigenvalue weighted by molar-refractivity contribution is 5.88. The zero-order valence-electron chi connectivity index (χ0n) is 19.9. The number of piperidine rings is 1. The van der Waals surface area contributed by atoms with Crippen molar-refractivity contribution in [3.63, 3.8) is 0 Å². The number of aliphatic carboxylic acids is 1. The molecule has 184 valence electrons. The van der Waals surface area contributed by atoms with Gasteiger partial charge in [-0.1, -0.05) is 61.4 Å². The van der Waals surface area contributed by atoms with E-state index in [-0.39, 0.29) is 25.0 Å². The minimum atomic E-state index is -0.948. The van der Waals surface area contributed by atoms with Crippen LogP contribution in [0.1, 0.15) is 62.0 Å². The Balaban J connectivity index is 1.24. The summed E-state index contributed by atoms with van der Waals surface area (Å²) in [5.74, 6) is -1.11. The maximum Gasteiger partial charge on any atom is 0.407 e. The number of hydrogen-bond acceptors (Lipinski definition) is 4. The molecule has 5 rings (SSSR count). The van der Waals surface area contributed by atoms with Gasteiger partial charge in [0.25, 0.3) is 0 Å². The highest BCUT2D eigenvalue weighted by atomic mass is 16.5. The van der Waals surface area contributed by atoms with Crippen LogP contribution in [0.3, 0.4) is 0 Å². The molecule has 0 aromatic heterocycles. The van der Waals surface area contributed by atoms with Gasteiger partial charge in [0, 0.05) is 19.0 Å². The quantitative estimate of drug-likeness (QED) is 0.638. The Bertz CT molecular complexity index is 1080. The summed E-state index contributed by atoms with van der Waals surface area (Å²) < 4.78 is 5.66. The van der Waals surface area contributed by atoms with Crippen molar-refractivity contribution in [2.24, 2.45) is 5.41 Å². The van der Waals surface area contributed by atoms with Crippen molar-refractivity contribution in [2.75, 3.05) is 19.7 Å². The number of carbonyl (C=O) groups is 3. The molecule has 7 nitrogen and oxygen atoms in total. The molecule has 1 heterocycles. The van der Waals surface area contributed by atoms with Crippen molar-refractivity contribution in [2.45, 2.75) is 56.9 Å². The highest BCUT2D eigenvalue weighted by Crippen LogP contribution is 2.44. The van der Waals surface area contributed by atoms with Crippen LogP contribution in [0.2, 0.25) is 0 Å². The second kappa shape index (κ2) is 9.72. The van der Waals surface area contributed by atoms with Gasteiger partial charge in [0.05, 0.1) is 5.41 Å². The third-order valence-electron chi connectivity index (χ3n) is 7.98.